The molecule has 0 aliphatic carbocycles. The zero-order valence-electron chi connectivity index (χ0n) is 22.6. The van der Waals surface area contributed by atoms with Crippen LogP contribution in [0.2, 0.25) is 18.1 Å². The van der Waals surface area contributed by atoms with E-state index in [0.29, 0.717) is 0 Å². The highest BCUT2D eigenvalue weighted by Gasteiger charge is 2.48. The molecule has 5 nitrogen and oxygen atoms in total. The third-order valence-electron chi connectivity index (χ3n) is 7.37. The van der Waals surface area contributed by atoms with E-state index >= 15 is 0 Å². The highest BCUT2D eigenvalue weighted by molar-refractivity contribution is 6.74. The van der Waals surface area contributed by atoms with E-state index < -0.39 is 14.1 Å². The Labute approximate surface area is 204 Å². The maximum absolute atomic E-state index is 12.6. The van der Waals surface area contributed by atoms with Crippen molar-refractivity contribution in [2.24, 2.45) is 0 Å². The molecule has 0 aromatic rings. The summed E-state index contributed by atoms with van der Waals surface area (Å²) in [5.74, 6) is -0.964. The molecule has 2 aliphatic rings. The Morgan fingerprint density at radius 2 is 1.48 bits per heavy atom. The molecule has 1 fully saturated rings. The lowest BCUT2D eigenvalue weighted by Gasteiger charge is -2.40. The van der Waals surface area contributed by atoms with Gasteiger partial charge in [0, 0.05) is 6.08 Å². The number of esters is 1. The largest absolute Gasteiger partial charge is 0.460 e. The Bertz CT molecular complexity index is 637. The fourth-order valence-electron chi connectivity index (χ4n) is 4.41. The number of carbonyl (C=O) groups excluding carboxylic acids is 1. The first-order valence-electron chi connectivity index (χ1n) is 13.2. The molecule has 192 valence electrons. The second-order valence-electron chi connectivity index (χ2n) is 12.0. The Kier molecular flexibility index (Phi) is 10.7. The summed E-state index contributed by atoms with van der Waals surface area (Å²) in [6.45, 7) is 17.1. The Morgan fingerprint density at radius 3 is 2.06 bits per heavy atom. The van der Waals surface area contributed by atoms with Gasteiger partial charge in [0.25, 0.3) is 0 Å². The zero-order valence-corrected chi connectivity index (χ0v) is 23.6. The first kappa shape index (κ1) is 28.5. The Morgan fingerprint density at radius 1 is 0.939 bits per heavy atom. The van der Waals surface area contributed by atoms with Gasteiger partial charge in [-0.2, -0.15) is 0 Å². The van der Waals surface area contributed by atoms with Gasteiger partial charge in [-0.3, -0.25) is 0 Å². The SMILES string of the molecule is C[C@H]1CCCCCCCCCC[C@H]2OC(C)(C)O[C@@H]2[C@H](O[Si](C)(C)C(C)(C)C)/C=C/C(=O)O1. The molecule has 0 aromatic carbocycles. The summed E-state index contributed by atoms with van der Waals surface area (Å²) in [4.78, 5) is 12.6. The average Bonchev–Trinajstić information content (AvgIpc) is 2.99. The quantitative estimate of drug-likeness (QED) is 0.305. The lowest BCUT2D eigenvalue weighted by Crippen LogP contribution is -2.48. The molecule has 6 heteroatoms. The maximum Gasteiger partial charge on any atom is 0.330 e. The standard InChI is InChI=1S/C27H50O5Si/c1-21-17-15-13-11-9-10-12-14-16-18-22-25(31-27(5,6)30-22)23(19-20-24(28)29-21)32-33(7,8)26(2,3)4/h19-23,25H,9-18H2,1-8H3/b20-19+/t21-,22+,23+,25-/m0/s1. The van der Waals surface area contributed by atoms with Crippen molar-refractivity contribution in [3.8, 4) is 0 Å². The van der Waals surface area contributed by atoms with Crippen molar-refractivity contribution in [1.29, 1.82) is 0 Å². The average molecular weight is 483 g/mol. The minimum absolute atomic E-state index is 0.0479. The third kappa shape index (κ3) is 9.46. The number of carbonyl (C=O) groups is 1. The van der Waals surface area contributed by atoms with E-state index in [-0.39, 0.29) is 35.4 Å². The summed E-state index contributed by atoms with van der Waals surface area (Å²) in [5.41, 5.74) is 0. The highest BCUT2D eigenvalue weighted by Crippen LogP contribution is 2.40. The molecule has 0 N–H and O–H groups in total. The van der Waals surface area contributed by atoms with Gasteiger partial charge in [0.05, 0.1) is 18.3 Å². The predicted octanol–water partition coefficient (Wildman–Crippen LogP) is 7.30. The van der Waals surface area contributed by atoms with Crippen molar-refractivity contribution >= 4 is 14.3 Å². The Hall–Kier alpha value is -0.693. The summed E-state index contributed by atoms with van der Waals surface area (Å²) in [5, 5.41) is 0.0480. The summed E-state index contributed by atoms with van der Waals surface area (Å²) in [7, 11) is -2.11. The molecule has 0 saturated carbocycles. The van der Waals surface area contributed by atoms with Gasteiger partial charge in [-0.1, -0.05) is 65.7 Å². The van der Waals surface area contributed by atoms with E-state index in [0.717, 1.165) is 25.7 Å². The minimum atomic E-state index is -2.11. The van der Waals surface area contributed by atoms with Crippen LogP contribution in [-0.2, 0) is 23.4 Å². The summed E-state index contributed by atoms with van der Waals surface area (Å²) in [6, 6.07) is 0. The molecule has 0 spiro atoms. The molecule has 0 radical (unpaired) electrons. The summed E-state index contributed by atoms with van der Waals surface area (Å²) < 4.78 is 25.2. The van der Waals surface area contributed by atoms with Gasteiger partial charge in [0.15, 0.2) is 14.1 Å². The summed E-state index contributed by atoms with van der Waals surface area (Å²) >= 11 is 0. The number of fused-ring (bicyclic) bond motifs is 1. The number of cyclic esters (lactones) is 1. The molecule has 2 rings (SSSR count). The van der Waals surface area contributed by atoms with Crippen molar-refractivity contribution in [2.45, 2.75) is 154 Å². The molecule has 2 heterocycles. The lowest BCUT2D eigenvalue weighted by atomic mass is 10.00. The number of rotatable bonds is 2. The lowest BCUT2D eigenvalue weighted by molar-refractivity contribution is -0.152. The molecular weight excluding hydrogens is 432 g/mol. The van der Waals surface area contributed by atoms with Crippen molar-refractivity contribution < 1.29 is 23.4 Å². The Balaban J connectivity index is 2.26. The van der Waals surface area contributed by atoms with Gasteiger partial charge in [-0.05, 0) is 64.2 Å². The predicted molar refractivity (Wildman–Crippen MR) is 137 cm³/mol. The van der Waals surface area contributed by atoms with Gasteiger partial charge in [-0.15, -0.1) is 0 Å². The molecular formula is C27H50O5Si. The van der Waals surface area contributed by atoms with E-state index in [1.807, 2.05) is 26.8 Å². The highest BCUT2D eigenvalue weighted by atomic mass is 28.4. The van der Waals surface area contributed by atoms with E-state index in [1.54, 1.807) is 6.08 Å². The van der Waals surface area contributed by atoms with Crippen LogP contribution in [0.5, 0.6) is 0 Å². The maximum atomic E-state index is 12.6. The fourth-order valence-corrected chi connectivity index (χ4v) is 5.65. The molecule has 1 saturated heterocycles. The van der Waals surface area contributed by atoms with Crippen LogP contribution in [0.1, 0.15) is 106 Å². The molecule has 0 amide bonds. The van der Waals surface area contributed by atoms with Crippen LogP contribution in [0, 0.1) is 0 Å². The molecule has 2 aliphatic heterocycles. The van der Waals surface area contributed by atoms with Crippen molar-refractivity contribution in [2.75, 3.05) is 0 Å². The van der Waals surface area contributed by atoms with Gasteiger partial charge < -0.3 is 18.6 Å². The second-order valence-corrected chi connectivity index (χ2v) is 16.8. The van der Waals surface area contributed by atoms with Crippen LogP contribution in [-0.4, -0.2) is 44.5 Å². The van der Waals surface area contributed by atoms with Crippen LogP contribution in [0.15, 0.2) is 12.2 Å². The molecule has 4 atom stereocenters. The van der Waals surface area contributed by atoms with E-state index in [4.69, 9.17) is 18.6 Å². The molecule has 33 heavy (non-hydrogen) atoms. The smallest absolute Gasteiger partial charge is 0.330 e. The summed E-state index contributed by atoms with van der Waals surface area (Å²) in [6.07, 6.45) is 14.4. The molecule has 0 unspecified atom stereocenters. The minimum Gasteiger partial charge on any atom is -0.460 e. The van der Waals surface area contributed by atoms with E-state index in [2.05, 4.69) is 33.9 Å². The number of hydrogen-bond acceptors (Lipinski definition) is 5. The molecule has 0 bridgehead atoms. The van der Waals surface area contributed by atoms with Crippen molar-refractivity contribution in [3.63, 3.8) is 0 Å². The third-order valence-corrected chi connectivity index (χ3v) is 11.8. The van der Waals surface area contributed by atoms with Gasteiger partial charge >= 0.3 is 5.97 Å². The van der Waals surface area contributed by atoms with Crippen molar-refractivity contribution in [1.82, 2.24) is 0 Å². The van der Waals surface area contributed by atoms with Gasteiger partial charge in [-0.25, -0.2) is 4.79 Å². The van der Waals surface area contributed by atoms with Crippen LogP contribution >= 0.6 is 0 Å². The van der Waals surface area contributed by atoms with Gasteiger partial charge in [0.2, 0.25) is 0 Å². The van der Waals surface area contributed by atoms with E-state index in [1.165, 1.54) is 38.5 Å². The molecule has 0 aromatic heterocycles. The van der Waals surface area contributed by atoms with Crippen LogP contribution < -0.4 is 0 Å². The monoisotopic (exact) mass is 482 g/mol. The second kappa shape index (κ2) is 12.3. The fraction of sp³-hybridized carbons (Fsp3) is 0.889. The normalized spacial score (nSPS) is 32.3. The topological polar surface area (TPSA) is 54.0 Å². The zero-order chi connectivity index (χ0) is 24.7. The van der Waals surface area contributed by atoms with Crippen LogP contribution in [0.4, 0.5) is 0 Å². The van der Waals surface area contributed by atoms with E-state index in [9.17, 15) is 4.79 Å². The van der Waals surface area contributed by atoms with Crippen LogP contribution in [0.3, 0.4) is 0 Å². The first-order valence-corrected chi connectivity index (χ1v) is 16.1. The number of hydrogen-bond donors (Lipinski definition) is 0. The van der Waals surface area contributed by atoms with Crippen LogP contribution in [0.25, 0.3) is 0 Å². The van der Waals surface area contributed by atoms with Gasteiger partial charge in [0.1, 0.15) is 6.10 Å². The first-order chi connectivity index (χ1) is 15.3. The van der Waals surface area contributed by atoms with Crippen molar-refractivity contribution in [3.05, 3.63) is 12.2 Å². The number of ether oxygens (including phenoxy) is 3.